The van der Waals surface area contributed by atoms with Crippen LogP contribution < -0.4 is 15.6 Å². The molecule has 0 bridgehead atoms. The lowest BCUT2D eigenvalue weighted by Crippen LogP contribution is -2.71. The number of thiazole rings is 1. The van der Waals surface area contributed by atoms with E-state index in [2.05, 4.69) is 20.4 Å². The standard InChI is InChI=1S/C23H20ClN7O7S2/c1-9(21(34)35)38-29-14(13-17(24)40-23(25)28-13)18(32)27-15-19(33)31-16(22(36)37)11(8-39-20(15)31)6-30-5-3-10-2-4-26-12(10)7-30/h2-5,7,9,15,20H,6,8H2,1H3,(H5,25,27,28,32,34,35,36,37)/p+1/b29-14-/t9-,15+,20?/m0/s1. The van der Waals surface area contributed by atoms with Gasteiger partial charge in [-0.2, -0.15) is 4.57 Å². The Bertz CT molecular complexity index is 1620. The quantitative estimate of drug-likeness (QED) is 0.100. The van der Waals surface area contributed by atoms with Gasteiger partial charge in [0, 0.05) is 29.0 Å². The highest BCUT2D eigenvalue weighted by Crippen LogP contribution is 2.40. The van der Waals surface area contributed by atoms with E-state index >= 15 is 0 Å². The summed E-state index contributed by atoms with van der Waals surface area (Å²) in [7, 11) is 0. The predicted molar refractivity (Wildman–Crippen MR) is 144 cm³/mol. The van der Waals surface area contributed by atoms with Crippen molar-refractivity contribution in [2.45, 2.75) is 31.0 Å². The van der Waals surface area contributed by atoms with E-state index in [1.165, 1.54) is 18.7 Å². The number of amides is 2. The van der Waals surface area contributed by atoms with Crippen LogP contribution in [0.5, 0.6) is 0 Å². The fourth-order valence-corrected chi connectivity index (χ4v) is 6.47. The van der Waals surface area contributed by atoms with Crippen molar-refractivity contribution in [1.29, 1.82) is 0 Å². The number of hydrogen-bond acceptors (Lipinski definition) is 10. The van der Waals surface area contributed by atoms with Crippen LogP contribution in [-0.4, -0.2) is 77.8 Å². The van der Waals surface area contributed by atoms with Crippen molar-refractivity contribution >= 4 is 80.2 Å². The minimum Gasteiger partial charge on any atom is -0.478 e. The van der Waals surface area contributed by atoms with Crippen LogP contribution in [0.25, 0.3) is 10.9 Å². The summed E-state index contributed by atoms with van der Waals surface area (Å²) in [5.41, 5.74) is 6.32. The first-order valence-electron chi connectivity index (χ1n) is 11.6. The van der Waals surface area contributed by atoms with E-state index in [9.17, 15) is 24.3 Å². The number of thioether (sulfide) groups is 1. The number of aliphatic carboxylic acids is 2. The van der Waals surface area contributed by atoms with Crippen molar-refractivity contribution in [2.75, 3.05) is 11.5 Å². The number of oxime groups is 1. The summed E-state index contributed by atoms with van der Waals surface area (Å²) in [4.78, 5) is 62.9. The molecule has 14 nitrogen and oxygen atoms in total. The lowest BCUT2D eigenvalue weighted by atomic mass is 10.0. The van der Waals surface area contributed by atoms with E-state index in [0.29, 0.717) is 11.3 Å². The van der Waals surface area contributed by atoms with Crippen LogP contribution in [0.15, 0.2) is 47.1 Å². The number of fused-ring (bicyclic) bond motifs is 2. The van der Waals surface area contributed by atoms with Crippen molar-refractivity contribution in [3.8, 4) is 0 Å². The number of nitrogens with two attached hydrogens (primary N) is 1. The number of halogens is 1. The molecular formula is C23H21ClN7O7S2+. The molecule has 3 aromatic rings. The summed E-state index contributed by atoms with van der Waals surface area (Å²) in [5.74, 6) is -3.85. The Morgan fingerprint density at radius 1 is 1.40 bits per heavy atom. The van der Waals surface area contributed by atoms with E-state index in [0.717, 1.165) is 27.1 Å². The number of aromatic nitrogens is 3. The molecule has 0 saturated carbocycles. The van der Waals surface area contributed by atoms with Crippen LogP contribution in [0, 0.1) is 0 Å². The van der Waals surface area contributed by atoms with E-state index < -0.39 is 47.0 Å². The SMILES string of the molecule is C[C@H](O/N=C(\C(=O)N[C@@H]1C(=O)N2C(C(=O)O)=C(C[n+]3ccc4cc[nH]c4c3)CSC12)c1nc(N)sc1Cl)C(=O)O. The molecule has 2 amide bonds. The second kappa shape index (κ2) is 10.8. The molecule has 3 atom stereocenters. The summed E-state index contributed by atoms with van der Waals surface area (Å²) < 4.78 is 1.83. The molecule has 5 heterocycles. The topological polar surface area (TPSA) is 204 Å². The van der Waals surface area contributed by atoms with Gasteiger partial charge in [-0.05, 0) is 13.0 Å². The molecule has 0 aliphatic carbocycles. The Kier molecular flexibility index (Phi) is 7.39. The number of pyridine rings is 1. The summed E-state index contributed by atoms with van der Waals surface area (Å²) in [6.45, 7) is 1.45. The lowest BCUT2D eigenvalue weighted by Gasteiger charge is -2.49. The Morgan fingerprint density at radius 3 is 2.85 bits per heavy atom. The number of nitrogens with one attached hydrogen (secondary N) is 2. The molecule has 2 aliphatic rings. The fourth-order valence-electron chi connectivity index (χ4n) is 4.20. The van der Waals surface area contributed by atoms with Crippen LogP contribution in [0.3, 0.4) is 0 Å². The first-order valence-corrected chi connectivity index (χ1v) is 13.8. The van der Waals surface area contributed by atoms with Gasteiger partial charge in [0.1, 0.15) is 32.7 Å². The van der Waals surface area contributed by atoms with Gasteiger partial charge in [-0.25, -0.2) is 14.6 Å². The number of nitrogen functional groups attached to an aromatic ring is 1. The molecule has 2 aliphatic heterocycles. The molecule has 17 heteroatoms. The molecule has 1 saturated heterocycles. The second-order valence-electron chi connectivity index (χ2n) is 8.78. The monoisotopic (exact) mass is 606 g/mol. The zero-order valence-electron chi connectivity index (χ0n) is 20.5. The minimum atomic E-state index is -1.40. The zero-order chi connectivity index (χ0) is 28.7. The van der Waals surface area contributed by atoms with Crippen molar-refractivity contribution in [3.05, 3.63) is 52.0 Å². The molecule has 3 aromatic heterocycles. The van der Waals surface area contributed by atoms with Gasteiger partial charge in [0.25, 0.3) is 11.8 Å². The molecule has 5 rings (SSSR count). The third-order valence-corrected chi connectivity index (χ3v) is 8.58. The van der Waals surface area contributed by atoms with Gasteiger partial charge in [-0.15, -0.1) is 11.8 Å². The molecule has 6 N–H and O–H groups in total. The van der Waals surface area contributed by atoms with Gasteiger partial charge in [0.05, 0.1) is 0 Å². The summed E-state index contributed by atoms with van der Waals surface area (Å²) in [6.07, 6.45) is 4.08. The number of aromatic amines is 1. The molecule has 1 unspecified atom stereocenters. The zero-order valence-corrected chi connectivity index (χ0v) is 22.9. The Hall–Kier alpha value is -4.15. The van der Waals surface area contributed by atoms with Gasteiger partial charge in [-0.3, -0.25) is 14.5 Å². The number of rotatable bonds is 9. The highest BCUT2D eigenvalue weighted by molar-refractivity contribution is 8.00. The summed E-state index contributed by atoms with van der Waals surface area (Å²) >= 11 is 8.30. The van der Waals surface area contributed by atoms with Gasteiger partial charge >= 0.3 is 11.9 Å². The van der Waals surface area contributed by atoms with Gasteiger partial charge in [0.15, 0.2) is 29.8 Å². The number of nitrogens with zero attached hydrogens (tertiary/aromatic N) is 4. The maximum atomic E-state index is 13.2. The van der Waals surface area contributed by atoms with E-state index in [1.54, 1.807) is 6.20 Å². The molecule has 1 fully saturated rings. The number of hydrogen-bond donors (Lipinski definition) is 5. The Labute approximate surface area is 238 Å². The molecule has 0 radical (unpaired) electrons. The van der Waals surface area contributed by atoms with Gasteiger partial charge in [-0.1, -0.05) is 28.1 Å². The normalized spacial score (nSPS) is 19.7. The highest BCUT2D eigenvalue weighted by Gasteiger charge is 2.55. The van der Waals surface area contributed by atoms with Crippen molar-refractivity contribution in [3.63, 3.8) is 0 Å². The van der Waals surface area contributed by atoms with Crippen LogP contribution in [0.2, 0.25) is 4.34 Å². The van der Waals surface area contributed by atoms with Crippen LogP contribution in [0.4, 0.5) is 5.13 Å². The van der Waals surface area contributed by atoms with E-state index in [-0.39, 0.29) is 27.4 Å². The molecule has 0 aromatic carbocycles. The first kappa shape index (κ1) is 27.4. The van der Waals surface area contributed by atoms with E-state index in [4.69, 9.17) is 27.3 Å². The lowest BCUT2D eigenvalue weighted by molar-refractivity contribution is -0.687. The van der Waals surface area contributed by atoms with E-state index in [1.807, 2.05) is 29.1 Å². The maximum absolute atomic E-state index is 13.2. The van der Waals surface area contributed by atoms with Gasteiger partial charge < -0.3 is 31.1 Å². The second-order valence-corrected chi connectivity index (χ2v) is 11.5. The van der Waals surface area contributed by atoms with Crippen LogP contribution in [-0.2, 0) is 30.6 Å². The third kappa shape index (κ3) is 5.07. The number of H-pyrrole nitrogens is 1. The first-order chi connectivity index (χ1) is 19.0. The maximum Gasteiger partial charge on any atom is 0.352 e. The molecule has 208 valence electrons. The predicted octanol–water partition coefficient (Wildman–Crippen LogP) is 0.780. The highest BCUT2D eigenvalue weighted by atomic mass is 35.5. The molecule has 40 heavy (non-hydrogen) atoms. The fraction of sp³-hybridized carbons (Fsp3) is 0.261. The number of carboxylic acids is 2. The van der Waals surface area contributed by atoms with Crippen molar-refractivity contribution in [2.24, 2.45) is 5.16 Å². The van der Waals surface area contributed by atoms with Crippen LogP contribution in [0.1, 0.15) is 12.6 Å². The largest absolute Gasteiger partial charge is 0.478 e. The molecular weight excluding hydrogens is 586 g/mol. The smallest absolute Gasteiger partial charge is 0.352 e. The average molecular weight is 607 g/mol. The number of carbonyl (C=O) groups is 4. The van der Waals surface area contributed by atoms with Crippen LogP contribution >= 0.6 is 34.7 Å². The Balaban J connectivity index is 1.37. The van der Waals surface area contributed by atoms with Crippen molar-refractivity contribution < 1.29 is 38.8 Å². The molecule has 0 spiro atoms. The average Bonchev–Trinajstić information content (AvgIpc) is 3.51. The number of carbonyl (C=O) groups excluding carboxylic acids is 2. The van der Waals surface area contributed by atoms with Gasteiger partial charge in [0.2, 0.25) is 6.10 Å². The summed E-state index contributed by atoms with van der Waals surface area (Å²) in [6, 6.07) is 2.73. The number of anilines is 1. The third-order valence-electron chi connectivity index (χ3n) is 6.15. The number of β-lactam (4-membered cyclic amide) rings is 1. The number of carboxylic acid groups (broad SMARTS) is 2. The minimum absolute atomic E-state index is 0.00218. The summed E-state index contributed by atoms with van der Waals surface area (Å²) in [5, 5.41) is 25.6. The van der Waals surface area contributed by atoms with Crippen molar-refractivity contribution in [1.82, 2.24) is 20.2 Å². The Morgan fingerprint density at radius 2 is 2.17 bits per heavy atom.